The Morgan fingerprint density at radius 1 is 1.00 bits per heavy atom. The van der Waals surface area contributed by atoms with Gasteiger partial charge in [-0.25, -0.2) is 0 Å². The van der Waals surface area contributed by atoms with E-state index < -0.39 is 5.97 Å². The third-order valence-corrected chi connectivity index (χ3v) is 7.28. The summed E-state index contributed by atoms with van der Waals surface area (Å²) in [5.74, 6) is -0.600. The quantitative estimate of drug-likeness (QED) is 0.318. The molecule has 0 unspecified atom stereocenters. The Labute approximate surface area is 194 Å². The number of fused-ring (bicyclic) bond motifs is 2. The number of esters is 1. The average molecular weight is 470 g/mol. The van der Waals surface area contributed by atoms with Gasteiger partial charge < -0.3 is 4.74 Å². The molecule has 0 spiro atoms. The number of carbonyl (C=O) groups is 2. The van der Waals surface area contributed by atoms with Gasteiger partial charge in [-0.05, 0) is 55.8 Å². The Morgan fingerprint density at radius 3 is 2.58 bits per heavy atom. The highest BCUT2D eigenvalue weighted by molar-refractivity contribution is 8.00. The van der Waals surface area contributed by atoms with E-state index in [1.54, 1.807) is 28.8 Å². The largest absolute Gasteiger partial charge is 0.455 e. The van der Waals surface area contributed by atoms with Crippen LogP contribution in [0.4, 0.5) is 11.4 Å². The highest BCUT2D eigenvalue weighted by Crippen LogP contribution is 2.48. The minimum Gasteiger partial charge on any atom is -0.455 e. The summed E-state index contributed by atoms with van der Waals surface area (Å²) in [6.45, 7) is 3.71. The summed E-state index contributed by atoms with van der Waals surface area (Å²) in [6, 6.07) is 19.2. The maximum absolute atomic E-state index is 13.1. The van der Waals surface area contributed by atoms with Crippen LogP contribution in [0.25, 0.3) is 0 Å². The summed E-state index contributed by atoms with van der Waals surface area (Å²) >= 11 is 9.18. The molecule has 0 radical (unpaired) electrons. The first kappa shape index (κ1) is 21.8. The average Bonchev–Trinajstić information content (AvgIpc) is 2.75. The summed E-state index contributed by atoms with van der Waals surface area (Å²) in [5.41, 5.74) is 3.75. The zero-order chi connectivity index (χ0) is 22.0. The lowest BCUT2D eigenvalue weighted by Gasteiger charge is -2.31. The number of anilines is 2. The standard InChI is InChI=1S/C24H20ClNO3S2/c1-15-7-9-20(16(2)11-15)30-14-24(28)29-13-23(27)26-18-5-3-4-6-21(18)31-22-10-8-17(25)12-19(22)26/h3-12H,13-14H2,1-2H3. The van der Waals surface area contributed by atoms with Gasteiger partial charge in [0.1, 0.15) is 0 Å². The molecule has 158 valence electrons. The summed E-state index contributed by atoms with van der Waals surface area (Å²) in [7, 11) is 0. The molecule has 0 saturated carbocycles. The van der Waals surface area contributed by atoms with Crippen LogP contribution < -0.4 is 4.90 Å². The molecule has 3 aromatic carbocycles. The molecular weight excluding hydrogens is 450 g/mol. The highest BCUT2D eigenvalue weighted by Gasteiger charge is 2.29. The van der Waals surface area contributed by atoms with Gasteiger partial charge in [-0.15, -0.1) is 11.8 Å². The second-order valence-corrected chi connectivity index (χ2v) is 9.67. The van der Waals surface area contributed by atoms with Crippen molar-refractivity contribution in [3.63, 3.8) is 0 Å². The van der Waals surface area contributed by atoms with Crippen LogP contribution in [-0.2, 0) is 14.3 Å². The Morgan fingerprint density at radius 2 is 1.77 bits per heavy atom. The molecule has 0 saturated heterocycles. The van der Waals surface area contributed by atoms with Gasteiger partial charge >= 0.3 is 5.97 Å². The molecule has 1 heterocycles. The molecule has 4 rings (SSSR count). The second-order valence-electron chi connectivity index (χ2n) is 7.13. The third kappa shape index (κ3) is 4.92. The smallest absolute Gasteiger partial charge is 0.316 e. The first-order chi connectivity index (χ1) is 14.9. The van der Waals surface area contributed by atoms with Gasteiger partial charge in [0.15, 0.2) is 6.61 Å². The molecule has 3 aromatic rings. The molecule has 0 bridgehead atoms. The first-order valence-corrected chi connectivity index (χ1v) is 11.9. The molecule has 0 fully saturated rings. The van der Waals surface area contributed by atoms with E-state index in [2.05, 4.69) is 6.07 Å². The van der Waals surface area contributed by atoms with E-state index in [4.69, 9.17) is 16.3 Å². The van der Waals surface area contributed by atoms with E-state index >= 15 is 0 Å². The lowest BCUT2D eigenvalue weighted by Crippen LogP contribution is -2.32. The van der Waals surface area contributed by atoms with Crippen LogP contribution in [0.1, 0.15) is 11.1 Å². The van der Waals surface area contributed by atoms with E-state index in [-0.39, 0.29) is 18.3 Å². The van der Waals surface area contributed by atoms with Gasteiger partial charge in [0, 0.05) is 19.7 Å². The van der Waals surface area contributed by atoms with E-state index in [0.29, 0.717) is 10.7 Å². The molecule has 0 atom stereocenters. The molecular formula is C24H20ClNO3S2. The Balaban J connectivity index is 1.45. The van der Waals surface area contributed by atoms with Crippen molar-refractivity contribution in [1.82, 2.24) is 0 Å². The van der Waals surface area contributed by atoms with Crippen molar-refractivity contribution >= 4 is 58.4 Å². The van der Waals surface area contributed by atoms with Crippen LogP contribution in [0, 0.1) is 13.8 Å². The van der Waals surface area contributed by atoms with Gasteiger partial charge in [-0.3, -0.25) is 14.5 Å². The number of hydrogen-bond donors (Lipinski definition) is 0. The number of rotatable bonds is 5. The summed E-state index contributed by atoms with van der Waals surface area (Å²) < 4.78 is 5.31. The summed E-state index contributed by atoms with van der Waals surface area (Å²) in [4.78, 5) is 29.9. The van der Waals surface area contributed by atoms with E-state index in [0.717, 1.165) is 25.9 Å². The fourth-order valence-electron chi connectivity index (χ4n) is 3.34. The fraction of sp³-hybridized carbons (Fsp3) is 0.167. The number of carbonyl (C=O) groups excluding carboxylic acids is 2. The monoisotopic (exact) mass is 469 g/mol. The number of benzene rings is 3. The maximum atomic E-state index is 13.1. The van der Waals surface area contributed by atoms with E-state index in [1.807, 2.05) is 56.3 Å². The number of ether oxygens (including phenoxy) is 1. The van der Waals surface area contributed by atoms with Gasteiger partial charge in [0.05, 0.1) is 17.1 Å². The third-order valence-electron chi connectivity index (χ3n) is 4.77. The van der Waals surface area contributed by atoms with Crippen molar-refractivity contribution in [3.8, 4) is 0 Å². The number of aryl methyl sites for hydroxylation is 2. The summed E-state index contributed by atoms with van der Waals surface area (Å²) in [5, 5.41) is 0.540. The van der Waals surface area contributed by atoms with Gasteiger partial charge in [0.2, 0.25) is 0 Å². The van der Waals surface area contributed by atoms with Crippen LogP contribution >= 0.6 is 35.1 Å². The minimum atomic E-state index is -0.427. The normalized spacial score (nSPS) is 12.2. The van der Waals surface area contributed by atoms with E-state index in [1.165, 1.54) is 17.3 Å². The number of halogens is 1. The molecule has 31 heavy (non-hydrogen) atoms. The van der Waals surface area contributed by atoms with Crippen LogP contribution in [-0.4, -0.2) is 24.2 Å². The number of hydrogen-bond acceptors (Lipinski definition) is 5. The minimum absolute atomic E-state index is 0.145. The van der Waals surface area contributed by atoms with Crippen molar-refractivity contribution in [2.45, 2.75) is 28.5 Å². The molecule has 4 nitrogen and oxygen atoms in total. The van der Waals surface area contributed by atoms with Gasteiger partial charge in [-0.2, -0.15) is 0 Å². The van der Waals surface area contributed by atoms with Crippen molar-refractivity contribution in [3.05, 3.63) is 76.8 Å². The number of para-hydroxylation sites is 1. The topological polar surface area (TPSA) is 46.6 Å². The lowest BCUT2D eigenvalue weighted by atomic mass is 10.2. The molecule has 1 aliphatic heterocycles. The van der Waals surface area contributed by atoms with Crippen LogP contribution in [0.3, 0.4) is 0 Å². The van der Waals surface area contributed by atoms with Crippen LogP contribution in [0.2, 0.25) is 5.02 Å². The Hall–Kier alpha value is -2.41. The van der Waals surface area contributed by atoms with Crippen LogP contribution in [0.15, 0.2) is 75.4 Å². The van der Waals surface area contributed by atoms with Crippen LogP contribution in [0.5, 0.6) is 0 Å². The van der Waals surface area contributed by atoms with E-state index in [9.17, 15) is 9.59 Å². The Bertz CT molecular complexity index is 1170. The highest BCUT2D eigenvalue weighted by atomic mass is 35.5. The van der Waals surface area contributed by atoms with Crippen molar-refractivity contribution in [1.29, 1.82) is 0 Å². The maximum Gasteiger partial charge on any atom is 0.316 e. The lowest BCUT2D eigenvalue weighted by molar-refractivity contribution is -0.144. The molecule has 1 aliphatic rings. The predicted molar refractivity (Wildman–Crippen MR) is 127 cm³/mol. The predicted octanol–water partition coefficient (Wildman–Crippen LogP) is 6.42. The van der Waals surface area contributed by atoms with Gasteiger partial charge in [-0.1, -0.05) is 53.2 Å². The SMILES string of the molecule is Cc1ccc(SCC(=O)OCC(=O)N2c3ccccc3Sc3ccc(Cl)cc32)c(C)c1. The first-order valence-electron chi connectivity index (χ1n) is 9.67. The zero-order valence-electron chi connectivity index (χ0n) is 17.1. The zero-order valence-corrected chi connectivity index (χ0v) is 19.4. The van der Waals surface area contributed by atoms with Crippen molar-refractivity contribution < 1.29 is 14.3 Å². The fourth-order valence-corrected chi connectivity index (χ4v) is 5.36. The molecule has 7 heteroatoms. The van der Waals surface area contributed by atoms with Crippen molar-refractivity contribution in [2.75, 3.05) is 17.3 Å². The second kappa shape index (κ2) is 9.39. The molecule has 1 amide bonds. The summed E-state index contributed by atoms with van der Waals surface area (Å²) in [6.07, 6.45) is 0. The molecule has 0 N–H and O–H groups in total. The molecule has 0 aromatic heterocycles. The Kier molecular flexibility index (Phi) is 6.60. The molecule has 0 aliphatic carbocycles. The number of nitrogens with zero attached hydrogens (tertiary/aromatic N) is 1. The van der Waals surface area contributed by atoms with Crippen molar-refractivity contribution in [2.24, 2.45) is 0 Å². The number of amides is 1. The number of thioether (sulfide) groups is 1. The van der Waals surface area contributed by atoms with Gasteiger partial charge in [0.25, 0.3) is 5.91 Å².